The van der Waals surface area contributed by atoms with Crippen LogP contribution in [0, 0.1) is 19.7 Å². The van der Waals surface area contributed by atoms with E-state index >= 15 is 4.39 Å². The fourth-order valence-electron chi connectivity index (χ4n) is 6.26. The Labute approximate surface area is 250 Å². The summed E-state index contributed by atoms with van der Waals surface area (Å²) in [6, 6.07) is 9.63. The molecule has 2 aliphatic rings. The molecule has 9 nitrogen and oxygen atoms in total. The van der Waals surface area contributed by atoms with Gasteiger partial charge in [0.2, 0.25) is 0 Å². The van der Waals surface area contributed by atoms with Gasteiger partial charge in [0.25, 0.3) is 0 Å². The predicted octanol–water partition coefficient (Wildman–Crippen LogP) is 4.54. The Morgan fingerprint density at radius 2 is 2.02 bits per heavy atom. The fraction of sp³-hybridized carbons (Fsp3) is 0.424. The van der Waals surface area contributed by atoms with E-state index < -0.39 is 5.82 Å². The molecule has 6 rings (SSSR count). The maximum Gasteiger partial charge on any atom is 0.199 e. The molecule has 0 amide bonds. The number of nitrogens with zero attached hydrogens (tertiary/aromatic N) is 5. The van der Waals surface area contributed by atoms with Gasteiger partial charge in [0.15, 0.2) is 22.7 Å². The second kappa shape index (κ2) is 12.3. The van der Waals surface area contributed by atoms with Crippen LogP contribution >= 0.6 is 0 Å². The van der Waals surface area contributed by atoms with Crippen molar-refractivity contribution in [1.82, 2.24) is 19.4 Å². The van der Waals surface area contributed by atoms with Gasteiger partial charge in [-0.2, -0.15) is 0 Å². The van der Waals surface area contributed by atoms with Gasteiger partial charge in [-0.1, -0.05) is 0 Å². The molecule has 226 valence electrons. The Morgan fingerprint density at radius 3 is 2.79 bits per heavy atom. The number of hydrogen-bond acceptors (Lipinski definition) is 8. The summed E-state index contributed by atoms with van der Waals surface area (Å²) in [6.07, 6.45) is 7.68. The van der Waals surface area contributed by atoms with Crippen LogP contribution in [-0.2, 0) is 13.1 Å². The Hall–Kier alpha value is -4.02. The zero-order chi connectivity index (χ0) is 30.1. The SMILES string of the molecule is Cc1ccc(N2CCC[C@H](N(Cc3ccnc(C)c3)Cc3cn4c5c(c(OCCO)c(F)cc5c3=O)OCC4C)C2)cn1. The summed E-state index contributed by atoms with van der Waals surface area (Å²) in [5.41, 5.74) is 5.07. The number of piperidine rings is 1. The first-order chi connectivity index (χ1) is 20.8. The minimum atomic E-state index is -0.676. The predicted molar refractivity (Wildman–Crippen MR) is 163 cm³/mol. The number of anilines is 1. The van der Waals surface area contributed by atoms with Crippen LogP contribution in [0.25, 0.3) is 10.9 Å². The van der Waals surface area contributed by atoms with Gasteiger partial charge in [-0.15, -0.1) is 0 Å². The number of aliphatic hydroxyl groups is 1. The van der Waals surface area contributed by atoms with Crippen LogP contribution in [0.2, 0.25) is 0 Å². The minimum Gasteiger partial charge on any atom is -0.485 e. The summed E-state index contributed by atoms with van der Waals surface area (Å²) in [5.74, 6) is -0.536. The standard InChI is InChI=1S/C33H38FN5O4/c1-21-6-7-26(15-36-21)37-10-4-5-27(19-37)38(16-24-8-9-35-22(2)13-24)17-25-18-39-23(3)20-43-33-30(39)28(31(25)41)14-29(34)32(33)42-12-11-40/h6-9,13-15,18,23,27,40H,4-5,10-12,16-17,19-20H2,1-3H3/t23?,27-/m0/s1. The first-order valence-electron chi connectivity index (χ1n) is 14.9. The van der Waals surface area contributed by atoms with Crippen molar-refractivity contribution in [2.75, 3.05) is 37.8 Å². The second-order valence-corrected chi connectivity index (χ2v) is 11.6. The number of aliphatic hydroxyl groups excluding tert-OH is 1. The summed E-state index contributed by atoms with van der Waals surface area (Å²) >= 11 is 0. The lowest BCUT2D eigenvalue weighted by Gasteiger charge is -2.40. The molecular weight excluding hydrogens is 549 g/mol. The van der Waals surface area contributed by atoms with Crippen LogP contribution in [0.3, 0.4) is 0 Å². The molecule has 0 saturated carbocycles. The molecule has 1 saturated heterocycles. The molecule has 0 spiro atoms. The van der Waals surface area contributed by atoms with Crippen molar-refractivity contribution in [3.8, 4) is 11.5 Å². The van der Waals surface area contributed by atoms with E-state index in [1.54, 1.807) is 0 Å². The highest BCUT2D eigenvalue weighted by atomic mass is 19.1. The lowest BCUT2D eigenvalue weighted by Crippen LogP contribution is -2.48. The molecule has 2 aliphatic heterocycles. The molecule has 0 radical (unpaired) electrons. The Kier molecular flexibility index (Phi) is 8.32. The Bertz CT molecular complexity index is 1680. The number of halogens is 1. The van der Waals surface area contributed by atoms with Gasteiger partial charge in [0, 0.05) is 61.6 Å². The van der Waals surface area contributed by atoms with Crippen molar-refractivity contribution in [3.63, 3.8) is 0 Å². The fourth-order valence-corrected chi connectivity index (χ4v) is 6.26. The topological polar surface area (TPSA) is 93.0 Å². The number of aromatic nitrogens is 3. The summed E-state index contributed by atoms with van der Waals surface area (Å²) in [4.78, 5) is 27.7. The number of hydrogen-bond donors (Lipinski definition) is 1. The Morgan fingerprint density at radius 1 is 1.16 bits per heavy atom. The molecule has 10 heteroatoms. The highest BCUT2D eigenvalue weighted by molar-refractivity contribution is 5.89. The first kappa shape index (κ1) is 29.1. The van der Waals surface area contributed by atoms with Crippen LogP contribution in [0.15, 0.2) is 53.7 Å². The molecule has 2 atom stereocenters. The normalized spacial score (nSPS) is 18.2. The second-order valence-electron chi connectivity index (χ2n) is 11.6. The average molecular weight is 588 g/mol. The van der Waals surface area contributed by atoms with Gasteiger partial charge in [0.1, 0.15) is 13.2 Å². The van der Waals surface area contributed by atoms with Gasteiger partial charge < -0.3 is 24.0 Å². The van der Waals surface area contributed by atoms with Crippen LogP contribution < -0.4 is 19.8 Å². The molecule has 4 aromatic rings. The molecule has 1 aromatic carbocycles. The maximum atomic E-state index is 15.3. The summed E-state index contributed by atoms with van der Waals surface area (Å²) in [7, 11) is 0. The van der Waals surface area contributed by atoms with E-state index in [0.29, 0.717) is 30.8 Å². The molecular formula is C33H38FN5O4. The lowest BCUT2D eigenvalue weighted by atomic mass is 10.0. The van der Waals surface area contributed by atoms with Crippen molar-refractivity contribution in [2.45, 2.75) is 58.8 Å². The van der Waals surface area contributed by atoms with Crippen molar-refractivity contribution >= 4 is 16.6 Å². The first-order valence-corrected chi connectivity index (χ1v) is 14.9. The number of pyridine rings is 3. The number of benzene rings is 1. The Balaban J connectivity index is 1.39. The van der Waals surface area contributed by atoms with Crippen LogP contribution in [-0.4, -0.2) is 63.5 Å². The third kappa shape index (κ3) is 5.94. The third-order valence-electron chi connectivity index (χ3n) is 8.43. The largest absolute Gasteiger partial charge is 0.485 e. The van der Waals surface area contributed by atoms with Gasteiger partial charge in [-0.3, -0.25) is 19.7 Å². The molecule has 1 fully saturated rings. The smallest absolute Gasteiger partial charge is 0.199 e. The zero-order valence-corrected chi connectivity index (χ0v) is 24.9. The lowest BCUT2D eigenvalue weighted by molar-refractivity contribution is 0.157. The van der Waals surface area contributed by atoms with E-state index in [2.05, 4.69) is 31.9 Å². The molecule has 1 N–H and O–H groups in total. The summed E-state index contributed by atoms with van der Waals surface area (Å²) in [6.45, 7) is 8.79. The quantitative estimate of drug-likeness (QED) is 0.305. The van der Waals surface area contributed by atoms with Crippen molar-refractivity contribution in [1.29, 1.82) is 0 Å². The number of ether oxygens (including phenoxy) is 2. The van der Waals surface area contributed by atoms with E-state index in [1.165, 1.54) is 6.07 Å². The van der Waals surface area contributed by atoms with Gasteiger partial charge in [0.05, 0.1) is 35.4 Å². The molecule has 0 aliphatic carbocycles. The van der Waals surface area contributed by atoms with E-state index in [4.69, 9.17) is 9.47 Å². The van der Waals surface area contributed by atoms with Gasteiger partial charge in [-0.05, 0) is 69.5 Å². The monoisotopic (exact) mass is 587 g/mol. The summed E-state index contributed by atoms with van der Waals surface area (Å²) in [5, 5.41) is 9.50. The van der Waals surface area contributed by atoms with Crippen LogP contribution in [0.4, 0.5) is 10.1 Å². The molecule has 43 heavy (non-hydrogen) atoms. The van der Waals surface area contributed by atoms with Gasteiger partial charge in [-0.25, -0.2) is 4.39 Å². The van der Waals surface area contributed by atoms with E-state index in [-0.39, 0.29) is 47.6 Å². The number of aryl methyl sites for hydroxylation is 2. The highest BCUT2D eigenvalue weighted by Crippen LogP contribution is 2.41. The molecule has 3 aromatic heterocycles. The third-order valence-corrected chi connectivity index (χ3v) is 8.43. The van der Waals surface area contributed by atoms with E-state index in [9.17, 15) is 9.90 Å². The van der Waals surface area contributed by atoms with Crippen molar-refractivity contribution in [3.05, 3.63) is 87.5 Å². The van der Waals surface area contributed by atoms with E-state index in [1.807, 2.05) is 56.1 Å². The molecule has 1 unspecified atom stereocenters. The maximum absolute atomic E-state index is 15.3. The number of rotatable bonds is 9. The van der Waals surface area contributed by atoms with Crippen molar-refractivity contribution < 1.29 is 19.0 Å². The average Bonchev–Trinajstić information content (AvgIpc) is 3.00. The molecule has 0 bridgehead atoms. The molecule has 5 heterocycles. The minimum absolute atomic E-state index is 0.0685. The van der Waals surface area contributed by atoms with E-state index in [0.717, 1.165) is 48.6 Å². The summed E-state index contributed by atoms with van der Waals surface area (Å²) < 4.78 is 28.7. The highest BCUT2D eigenvalue weighted by Gasteiger charge is 2.30. The van der Waals surface area contributed by atoms with Crippen LogP contribution in [0.1, 0.15) is 48.3 Å². The zero-order valence-electron chi connectivity index (χ0n) is 24.9. The van der Waals surface area contributed by atoms with Crippen molar-refractivity contribution in [2.24, 2.45) is 0 Å². The van der Waals surface area contributed by atoms with Gasteiger partial charge >= 0.3 is 0 Å². The van der Waals surface area contributed by atoms with Crippen LogP contribution in [0.5, 0.6) is 11.5 Å².